The summed E-state index contributed by atoms with van der Waals surface area (Å²) in [7, 11) is -2.04. The van der Waals surface area contributed by atoms with Crippen LogP contribution < -0.4 is 10.1 Å². The van der Waals surface area contributed by atoms with Gasteiger partial charge in [-0.1, -0.05) is 25.0 Å². The number of anilines is 1. The van der Waals surface area contributed by atoms with E-state index in [9.17, 15) is 13.2 Å². The number of carbonyl (C=O) groups is 1. The maximum Gasteiger partial charge on any atom is 0.243 e. The average Bonchev–Trinajstić information content (AvgIpc) is 2.95. The van der Waals surface area contributed by atoms with Crippen LogP contribution in [0.3, 0.4) is 0 Å². The van der Waals surface area contributed by atoms with E-state index in [2.05, 4.69) is 5.32 Å². The first-order valence-electron chi connectivity index (χ1n) is 9.45. The van der Waals surface area contributed by atoms with E-state index in [1.54, 1.807) is 35.7 Å². The predicted octanol–water partition coefficient (Wildman–Crippen LogP) is 3.96. The monoisotopic (exact) mass is 402 g/mol. The highest BCUT2D eigenvalue weighted by atomic mass is 32.2. The summed E-state index contributed by atoms with van der Waals surface area (Å²) in [4.78, 5) is 11.4. The van der Waals surface area contributed by atoms with Crippen molar-refractivity contribution in [2.45, 2.75) is 43.5 Å². The van der Waals surface area contributed by atoms with Gasteiger partial charge in [0.05, 0.1) is 18.0 Å². The molecule has 2 aromatic rings. The molecule has 1 aliphatic heterocycles. The van der Waals surface area contributed by atoms with E-state index >= 15 is 0 Å². The third-order valence-electron chi connectivity index (χ3n) is 4.99. The zero-order valence-corrected chi connectivity index (χ0v) is 17.0. The summed E-state index contributed by atoms with van der Waals surface area (Å²) in [5.74, 6) is 0.558. The number of hydrogen-bond acceptors (Lipinski definition) is 4. The smallest absolute Gasteiger partial charge is 0.243 e. The van der Waals surface area contributed by atoms with Crippen molar-refractivity contribution < 1.29 is 17.9 Å². The van der Waals surface area contributed by atoms with Gasteiger partial charge in [-0.05, 0) is 54.8 Å². The molecule has 6 nitrogen and oxygen atoms in total. The second-order valence-electron chi connectivity index (χ2n) is 6.96. The van der Waals surface area contributed by atoms with Crippen molar-refractivity contribution in [1.82, 2.24) is 4.31 Å². The molecule has 0 spiro atoms. The van der Waals surface area contributed by atoms with Crippen LogP contribution >= 0.6 is 0 Å². The van der Waals surface area contributed by atoms with Gasteiger partial charge in [-0.3, -0.25) is 4.79 Å². The van der Waals surface area contributed by atoms with E-state index in [1.165, 1.54) is 6.92 Å². The fourth-order valence-electron chi connectivity index (χ4n) is 3.58. The molecule has 2 aromatic carbocycles. The van der Waals surface area contributed by atoms with Gasteiger partial charge in [-0.25, -0.2) is 8.42 Å². The van der Waals surface area contributed by atoms with E-state index in [0.717, 1.165) is 37.0 Å². The topological polar surface area (TPSA) is 75.7 Å². The Hall–Kier alpha value is -2.38. The molecule has 3 rings (SSSR count). The average molecular weight is 403 g/mol. The highest BCUT2D eigenvalue weighted by Crippen LogP contribution is 2.35. The lowest BCUT2D eigenvalue weighted by atomic mass is 10.0. The Morgan fingerprint density at radius 3 is 2.32 bits per heavy atom. The number of benzene rings is 2. The van der Waals surface area contributed by atoms with Gasteiger partial charge in [0, 0.05) is 19.2 Å². The van der Waals surface area contributed by atoms with Gasteiger partial charge >= 0.3 is 0 Å². The number of nitrogens with one attached hydrogen (secondary N) is 1. The second-order valence-corrected chi connectivity index (χ2v) is 8.85. The molecular weight excluding hydrogens is 376 g/mol. The fraction of sp³-hybridized carbons (Fsp3) is 0.381. The molecule has 28 heavy (non-hydrogen) atoms. The lowest BCUT2D eigenvalue weighted by molar-refractivity contribution is -0.114. The number of hydrogen-bond donors (Lipinski definition) is 1. The summed E-state index contributed by atoms with van der Waals surface area (Å²) >= 11 is 0. The standard InChI is InChI=1S/C21H26N2O4S/c1-16(24)22-18-9-13-20(14-10-18)28(25,26)23-15-5-3-4-6-21(23)17-7-11-19(27-2)12-8-17/h7-14,21H,3-6,15H2,1-2H3,(H,22,24). The number of methoxy groups -OCH3 is 1. The largest absolute Gasteiger partial charge is 0.497 e. The second kappa shape index (κ2) is 8.75. The van der Waals surface area contributed by atoms with E-state index < -0.39 is 10.0 Å². The van der Waals surface area contributed by atoms with E-state index in [1.807, 2.05) is 24.3 Å². The normalized spacial score (nSPS) is 18.3. The van der Waals surface area contributed by atoms with Gasteiger partial charge in [0.1, 0.15) is 5.75 Å². The Morgan fingerprint density at radius 2 is 1.71 bits per heavy atom. The molecule has 1 amide bonds. The molecule has 0 bridgehead atoms. The van der Waals surface area contributed by atoms with Crippen LogP contribution in [-0.2, 0) is 14.8 Å². The minimum atomic E-state index is -3.65. The first-order valence-corrected chi connectivity index (χ1v) is 10.9. The van der Waals surface area contributed by atoms with Crippen LogP contribution in [0.1, 0.15) is 44.2 Å². The number of sulfonamides is 1. The predicted molar refractivity (Wildman–Crippen MR) is 109 cm³/mol. The van der Waals surface area contributed by atoms with E-state index in [-0.39, 0.29) is 16.8 Å². The third-order valence-corrected chi connectivity index (χ3v) is 6.91. The van der Waals surface area contributed by atoms with Crippen molar-refractivity contribution in [2.75, 3.05) is 19.0 Å². The number of rotatable bonds is 5. The van der Waals surface area contributed by atoms with Crippen LogP contribution in [0.4, 0.5) is 5.69 Å². The van der Waals surface area contributed by atoms with Gasteiger partial charge in [-0.15, -0.1) is 0 Å². The molecule has 1 heterocycles. The molecule has 1 fully saturated rings. The Labute approximate surface area is 166 Å². The molecule has 7 heteroatoms. The highest BCUT2D eigenvalue weighted by molar-refractivity contribution is 7.89. The zero-order chi connectivity index (χ0) is 20.1. The molecular formula is C21H26N2O4S. The summed E-state index contributed by atoms with van der Waals surface area (Å²) in [5.41, 5.74) is 1.55. The van der Waals surface area contributed by atoms with Crippen molar-refractivity contribution in [3.05, 3.63) is 54.1 Å². The Balaban J connectivity index is 1.92. The maximum atomic E-state index is 13.4. The van der Waals surface area contributed by atoms with E-state index in [4.69, 9.17) is 4.74 Å². The van der Waals surface area contributed by atoms with Gasteiger partial charge in [-0.2, -0.15) is 4.31 Å². The lowest BCUT2D eigenvalue weighted by Crippen LogP contribution is -2.34. The van der Waals surface area contributed by atoms with E-state index in [0.29, 0.717) is 12.2 Å². The van der Waals surface area contributed by atoms with Crippen LogP contribution in [0.2, 0.25) is 0 Å². The summed E-state index contributed by atoms with van der Waals surface area (Å²) < 4.78 is 33.6. The molecule has 1 atom stereocenters. The fourth-order valence-corrected chi connectivity index (χ4v) is 5.26. The molecule has 1 N–H and O–H groups in total. The van der Waals surface area contributed by atoms with Crippen molar-refractivity contribution in [3.63, 3.8) is 0 Å². The first kappa shape index (κ1) is 20.4. The van der Waals surface area contributed by atoms with Gasteiger partial charge in [0.25, 0.3) is 0 Å². The molecule has 0 saturated carbocycles. The summed E-state index contributed by atoms with van der Waals surface area (Å²) in [6.45, 7) is 1.91. The van der Waals surface area contributed by atoms with Gasteiger partial charge in [0.2, 0.25) is 15.9 Å². The Kier molecular flexibility index (Phi) is 6.36. The molecule has 1 unspecified atom stereocenters. The third kappa shape index (κ3) is 4.54. The van der Waals surface area contributed by atoms with Crippen molar-refractivity contribution in [3.8, 4) is 5.75 Å². The van der Waals surface area contributed by atoms with Crippen molar-refractivity contribution in [2.24, 2.45) is 0 Å². The SMILES string of the molecule is COc1ccc(C2CCCCCN2S(=O)(=O)c2ccc(NC(C)=O)cc2)cc1. The van der Waals surface area contributed by atoms with Crippen LogP contribution in [0.25, 0.3) is 0 Å². The molecule has 150 valence electrons. The van der Waals surface area contributed by atoms with Crippen molar-refractivity contribution >= 4 is 21.6 Å². The molecule has 1 saturated heterocycles. The minimum absolute atomic E-state index is 0.192. The number of amides is 1. The summed E-state index contributed by atoms with van der Waals surface area (Å²) in [5, 5.41) is 2.66. The zero-order valence-electron chi connectivity index (χ0n) is 16.2. The summed E-state index contributed by atoms with van der Waals surface area (Å²) in [6.07, 6.45) is 3.63. The maximum absolute atomic E-state index is 13.4. The van der Waals surface area contributed by atoms with Gasteiger partial charge < -0.3 is 10.1 Å². The van der Waals surface area contributed by atoms with Crippen LogP contribution in [0, 0.1) is 0 Å². The van der Waals surface area contributed by atoms with Crippen LogP contribution in [-0.4, -0.2) is 32.3 Å². The van der Waals surface area contributed by atoms with Gasteiger partial charge in [0.15, 0.2) is 0 Å². The minimum Gasteiger partial charge on any atom is -0.497 e. The van der Waals surface area contributed by atoms with Crippen molar-refractivity contribution in [1.29, 1.82) is 0 Å². The van der Waals surface area contributed by atoms with Crippen LogP contribution in [0.5, 0.6) is 5.75 Å². The molecule has 1 aliphatic rings. The molecule has 0 radical (unpaired) electrons. The molecule has 0 aliphatic carbocycles. The first-order chi connectivity index (χ1) is 13.4. The Bertz CT molecular complexity index is 908. The number of nitrogens with zero attached hydrogens (tertiary/aromatic N) is 1. The lowest BCUT2D eigenvalue weighted by Gasteiger charge is -2.29. The number of carbonyl (C=O) groups excluding carboxylic acids is 1. The summed E-state index contributed by atoms with van der Waals surface area (Å²) in [6, 6.07) is 13.8. The Morgan fingerprint density at radius 1 is 1.04 bits per heavy atom. The highest BCUT2D eigenvalue weighted by Gasteiger charge is 2.33. The number of ether oxygens (including phenoxy) is 1. The van der Waals surface area contributed by atoms with Crippen LogP contribution in [0.15, 0.2) is 53.4 Å². The quantitative estimate of drug-likeness (QED) is 0.821. The molecule has 0 aromatic heterocycles.